The summed E-state index contributed by atoms with van der Waals surface area (Å²) < 4.78 is 5.89. The largest absolute Gasteiger partial charge is 0.481 e. The first-order valence-electron chi connectivity index (χ1n) is 7.98. The van der Waals surface area contributed by atoms with E-state index in [0.29, 0.717) is 0 Å². The number of nitrogens with one attached hydrogen (secondary N) is 1. The molecular weight excluding hydrogens is 286 g/mol. The zero-order chi connectivity index (χ0) is 17.0. The van der Waals surface area contributed by atoms with Gasteiger partial charge in [0.1, 0.15) is 5.75 Å². The third kappa shape index (κ3) is 4.35. The summed E-state index contributed by atoms with van der Waals surface area (Å²) in [5, 5.41) is 3.00. The Morgan fingerprint density at radius 3 is 2.35 bits per heavy atom. The van der Waals surface area contributed by atoms with Gasteiger partial charge in [0, 0.05) is 0 Å². The summed E-state index contributed by atoms with van der Waals surface area (Å²) >= 11 is 0. The van der Waals surface area contributed by atoms with Crippen molar-refractivity contribution in [2.45, 2.75) is 46.8 Å². The van der Waals surface area contributed by atoms with Crippen LogP contribution in [0.1, 0.15) is 42.1 Å². The molecule has 2 rings (SSSR count). The predicted octanol–water partition coefficient (Wildman–Crippen LogP) is 4.26. The average Bonchev–Trinajstić information content (AvgIpc) is 2.52. The van der Waals surface area contributed by atoms with Crippen LogP contribution in [0.15, 0.2) is 42.5 Å². The number of hydrogen-bond donors (Lipinski definition) is 1. The first-order valence-corrected chi connectivity index (χ1v) is 7.98. The van der Waals surface area contributed by atoms with E-state index in [-0.39, 0.29) is 11.9 Å². The molecule has 0 heterocycles. The molecule has 0 aliphatic rings. The quantitative estimate of drug-likeness (QED) is 0.896. The Balaban J connectivity index is 2.03. The van der Waals surface area contributed by atoms with Crippen molar-refractivity contribution >= 4 is 5.91 Å². The van der Waals surface area contributed by atoms with E-state index in [1.165, 1.54) is 5.56 Å². The van der Waals surface area contributed by atoms with Crippen LogP contribution < -0.4 is 10.1 Å². The van der Waals surface area contributed by atoms with Crippen molar-refractivity contribution in [3.63, 3.8) is 0 Å². The summed E-state index contributed by atoms with van der Waals surface area (Å²) in [4.78, 5) is 12.4. The Morgan fingerprint density at radius 1 is 1.04 bits per heavy atom. The Labute approximate surface area is 138 Å². The minimum absolute atomic E-state index is 0.0462. The van der Waals surface area contributed by atoms with Gasteiger partial charge in [-0.15, -0.1) is 0 Å². The summed E-state index contributed by atoms with van der Waals surface area (Å²) in [5.41, 5.74) is 4.46. The number of rotatable bonds is 5. The molecule has 0 spiro atoms. The van der Waals surface area contributed by atoms with E-state index in [1.54, 1.807) is 6.92 Å². The molecule has 0 fully saturated rings. The lowest BCUT2D eigenvalue weighted by molar-refractivity contribution is -0.127. The maximum Gasteiger partial charge on any atom is 0.261 e. The maximum atomic E-state index is 12.4. The third-order valence-electron chi connectivity index (χ3n) is 4.10. The van der Waals surface area contributed by atoms with Crippen molar-refractivity contribution in [3.8, 4) is 5.75 Å². The van der Waals surface area contributed by atoms with Crippen molar-refractivity contribution in [1.82, 2.24) is 5.32 Å². The normalized spacial score (nSPS) is 13.3. The molecule has 1 amide bonds. The Morgan fingerprint density at radius 2 is 1.70 bits per heavy atom. The summed E-state index contributed by atoms with van der Waals surface area (Å²) in [6, 6.07) is 14.0. The molecular formula is C20H25NO2. The second-order valence-electron chi connectivity index (χ2n) is 6.11. The molecule has 2 atom stereocenters. The fourth-order valence-corrected chi connectivity index (χ4v) is 2.52. The van der Waals surface area contributed by atoms with Gasteiger partial charge in [0.2, 0.25) is 0 Å². The number of ether oxygens (including phenoxy) is 1. The van der Waals surface area contributed by atoms with Gasteiger partial charge in [0.15, 0.2) is 6.10 Å². The minimum atomic E-state index is -0.541. The van der Waals surface area contributed by atoms with Crippen molar-refractivity contribution in [2.75, 3.05) is 0 Å². The van der Waals surface area contributed by atoms with Gasteiger partial charge in [0.05, 0.1) is 6.04 Å². The number of benzene rings is 2. The molecule has 0 radical (unpaired) electrons. The lowest BCUT2D eigenvalue weighted by Gasteiger charge is -2.20. The molecule has 0 aliphatic carbocycles. The fourth-order valence-electron chi connectivity index (χ4n) is 2.52. The standard InChI is InChI=1S/C20H25NO2/c1-13-11-14(2)15(3)19(12-13)23-17(5)20(22)21-16(4)18-9-7-6-8-10-18/h6-12,16-17H,1-5H3,(H,21,22)/t16-,17-/m1/s1. The van der Waals surface area contributed by atoms with E-state index in [0.717, 1.165) is 22.4 Å². The zero-order valence-corrected chi connectivity index (χ0v) is 14.5. The summed E-state index contributed by atoms with van der Waals surface area (Å²) in [6.45, 7) is 9.85. The minimum Gasteiger partial charge on any atom is -0.481 e. The molecule has 0 bridgehead atoms. The van der Waals surface area contributed by atoms with Crippen LogP contribution in [0.5, 0.6) is 5.75 Å². The van der Waals surface area contributed by atoms with Gasteiger partial charge in [-0.05, 0) is 62.9 Å². The summed E-state index contributed by atoms with van der Waals surface area (Å²) in [5.74, 6) is 0.664. The van der Waals surface area contributed by atoms with Crippen LogP contribution in [0.4, 0.5) is 0 Å². The van der Waals surface area contributed by atoms with Crippen LogP contribution in [0.25, 0.3) is 0 Å². The van der Waals surface area contributed by atoms with E-state index in [9.17, 15) is 4.79 Å². The molecule has 0 saturated heterocycles. The van der Waals surface area contributed by atoms with Gasteiger partial charge in [-0.2, -0.15) is 0 Å². The van der Waals surface area contributed by atoms with Gasteiger partial charge >= 0.3 is 0 Å². The molecule has 0 unspecified atom stereocenters. The Kier molecular flexibility index (Phi) is 5.43. The smallest absolute Gasteiger partial charge is 0.261 e. The lowest BCUT2D eigenvalue weighted by atomic mass is 10.1. The van der Waals surface area contributed by atoms with Crippen molar-refractivity contribution in [2.24, 2.45) is 0 Å². The number of aryl methyl sites for hydroxylation is 2. The Bertz CT molecular complexity index is 680. The molecule has 23 heavy (non-hydrogen) atoms. The fraction of sp³-hybridized carbons (Fsp3) is 0.350. The van der Waals surface area contributed by atoms with Crippen molar-refractivity contribution < 1.29 is 9.53 Å². The first kappa shape index (κ1) is 17.1. The molecule has 3 heteroatoms. The van der Waals surface area contributed by atoms with Crippen LogP contribution in [-0.4, -0.2) is 12.0 Å². The highest BCUT2D eigenvalue weighted by molar-refractivity contribution is 5.81. The highest BCUT2D eigenvalue weighted by Gasteiger charge is 2.18. The molecule has 1 N–H and O–H groups in total. The lowest BCUT2D eigenvalue weighted by Crippen LogP contribution is -2.37. The van der Waals surface area contributed by atoms with E-state index < -0.39 is 6.10 Å². The SMILES string of the molecule is Cc1cc(C)c(C)c(O[C@H](C)C(=O)N[C@H](C)c2ccccc2)c1. The number of amides is 1. The van der Waals surface area contributed by atoms with Gasteiger partial charge in [-0.3, -0.25) is 4.79 Å². The maximum absolute atomic E-state index is 12.4. The topological polar surface area (TPSA) is 38.3 Å². The highest BCUT2D eigenvalue weighted by Crippen LogP contribution is 2.24. The van der Waals surface area contributed by atoms with Crippen molar-refractivity contribution in [3.05, 3.63) is 64.7 Å². The number of hydrogen-bond acceptors (Lipinski definition) is 2. The van der Waals surface area contributed by atoms with E-state index in [4.69, 9.17) is 4.74 Å². The van der Waals surface area contributed by atoms with E-state index >= 15 is 0 Å². The molecule has 3 nitrogen and oxygen atoms in total. The van der Waals surface area contributed by atoms with Crippen LogP contribution in [0.2, 0.25) is 0 Å². The predicted molar refractivity (Wildman–Crippen MR) is 93.7 cm³/mol. The van der Waals surface area contributed by atoms with E-state index in [1.807, 2.05) is 57.2 Å². The molecule has 2 aromatic carbocycles. The third-order valence-corrected chi connectivity index (χ3v) is 4.10. The molecule has 0 aromatic heterocycles. The average molecular weight is 311 g/mol. The van der Waals surface area contributed by atoms with Crippen LogP contribution in [-0.2, 0) is 4.79 Å². The van der Waals surface area contributed by atoms with Crippen LogP contribution in [0.3, 0.4) is 0 Å². The monoisotopic (exact) mass is 311 g/mol. The number of carbonyl (C=O) groups excluding carboxylic acids is 1. The van der Waals surface area contributed by atoms with Crippen LogP contribution >= 0.6 is 0 Å². The van der Waals surface area contributed by atoms with E-state index in [2.05, 4.69) is 18.3 Å². The second kappa shape index (κ2) is 7.32. The van der Waals surface area contributed by atoms with Gasteiger partial charge in [0.25, 0.3) is 5.91 Å². The molecule has 0 saturated carbocycles. The molecule has 122 valence electrons. The first-order chi connectivity index (χ1) is 10.9. The number of carbonyl (C=O) groups is 1. The summed E-state index contributed by atoms with van der Waals surface area (Å²) in [7, 11) is 0. The van der Waals surface area contributed by atoms with Gasteiger partial charge in [-0.1, -0.05) is 36.4 Å². The molecule has 0 aliphatic heterocycles. The van der Waals surface area contributed by atoms with Crippen molar-refractivity contribution in [1.29, 1.82) is 0 Å². The van der Waals surface area contributed by atoms with Gasteiger partial charge < -0.3 is 10.1 Å². The van der Waals surface area contributed by atoms with Crippen LogP contribution in [0, 0.1) is 20.8 Å². The second-order valence-corrected chi connectivity index (χ2v) is 6.11. The Hall–Kier alpha value is -2.29. The van der Waals surface area contributed by atoms with Gasteiger partial charge in [-0.25, -0.2) is 0 Å². The molecule has 2 aromatic rings. The zero-order valence-electron chi connectivity index (χ0n) is 14.5. The highest BCUT2D eigenvalue weighted by atomic mass is 16.5. The summed E-state index contributed by atoms with van der Waals surface area (Å²) in [6.07, 6.45) is -0.541.